The van der Waals surface area contributed by atoms with Crippen LogP contribution >= 0.6 is 0 Å². The Hall–Kier alpha value is -1.87. The molecule has 2 aromatic rings. The summed E-state index contributed by atoms with van der Waals surface area (Å²) >= 11 is 0. The van der Waals surface area contributed by atoms with Gasteiger partial charge in [-0.2, -0.15) is 0 Å². The zero-order chi connectivity index (χ0) is 12.8. The van der Waals surface area contributed by atoms with E-state index in [9.17, 15) is 5.11 Å². The van der Waals surface area contributed by atoms with Crippen LogP contribution in [0.3, 0.4) is 0 Å². The summed E-state index contributed by atoms with van der Waals surface area (Å²) in [5.41, 5.74) is 1.93. The van der Waals surface area contributed by atoms with Crippen LogP contribution < -0.4 is 4.74 Å². The molecule has 1 atom stereocenters. The summed E-state index contributed by atoms with van der Waals surface area (Å²) in [4.78, 5) is 4.18. The predicted molar refractivity (Wildman–Crippen MR) is 70.3 cm³/mol. The van der Waals surface area contributed by atoms with E-state index in [1.807, 2.05) is 43.3 Å². The Morgan fingerprint density at radius 2 is 1.94 bits per heavy atom. The van der Waals surface area contributed by atoms with Gasteiger partial charge in [0.05, 0.1) is 6.10 Å². The third-order valence-corrected chi connectivity index (χ3v) is 2.76. The van der Waals surface area contributed by atoms with Crippen LogP contribution in [0.5, 0.6) is 5.88 Å². The first kappa shape index (κ1) is 12.6. The molecule has 0 saturated heterocycles. The van der Waals surface area contributed by atoms with Crippen LogP contribution in [0.15, 0.2) is 48.7 Å². The second-order valence-corrected chi connectivity index (χ2v) is 4.13. The molecule has 1 aromatic carbocycles. The van der Waals surface area contributed by atoms with Gasteiger partial charge in [0.1, 0.15) is 6.61 Å². The average molecular weight is 243 g/mol. The molecular formula is C15H17NO2. The summed E-state index contributed by atoms with van der Waals surface area (Å²) in [6, 6.07) is 13.6. The molecule has 2 rings (SSSR count). The first-order valence-electron chi connectivity index (χ1n) is 6.10. The summed E-state index contributed by atoms with van der Waals surface area (Å²) in [6.45, 7) is 2.44. The first-order valence-corrected chi connectivity index (χ1v) is 6.10. The molecule has 0 radical (unpaired) electrons. The molecule has 3 nitrogen and oxygen atoms in total. The van der Waals surface area contributed by atoms with Crippen LogP contribution in [-0.4, -0.2) is 10.1 Å². The van der Waals surface area contributed by atoms with Crippen molar-refractivity contribution in [1.82, 2.24) is 4.98 Å². The fourth-order valence-corrected chi connectivity index (χ4v) is 1.64. The van der Waals surface area contributed by atoms with Crippen molar-refractivity contribution in [2.24, 2.45) is 0 Å². The van der Waals surface area contributed by atoms with E-state index < -0.39 is 6.10 Å². The highest BCUT2D eigenvalue weighted by atomic mass is 16.5. The van der Waals surface area contributed by atoms with E-state index in [4.69, 9.17) is 4.74 Å². The highest BCUT2D eigenvalue weighted by Gasteiger charge is 2.05. The first-order chi connectivity index (χ1) is 8.79. The molecule has 0 spiro atoms. The summed E-state index contributed by atoms with van der Waals surface area (Å²) in [5, 5.41) is 9.65. The largest absolute Gasteiger partial charge is 0.473 e. The third kappa shape index (κ3) is 3.31. The number of aliphatic hydroxyl groups excluding tert-OH is 1. The van der Waals surface area contributed by atoms with Gasteiger partial charge in [-0.25, -0.2) is 4.98 Å². The van der Waals surface area contributed by atoms with E-state index in [0.29, 0.717) is 18.9 Å². The third-order valence-electron chi connectivity index (χ3n) is 2.76. The SMILES string of the molecule is CC[C@H](O)c1ccc(OCc2ccccc2)nc1. The number of hydrogen-bond acceptors (Lipinski definition) is 3. The predicted octanol–water partition coefficient (Wildman–Crippen LogP) is 3.10. The van der Waals surface area contributed by atoms with Gasteiger partial charge in [-0.1, -0.05) is 37.3 Å². The lowest BCUT2D eigenvalue weighted by Crippen LogP contribution is -1.99. The molecule has 94 valence electrons. The Kier molecular flexibility index (Phi) is 4.31. The Morgan fingerprint density at radius 3 is 2.56 bits per heavy atom. The topological polar surface area (TPSA) is 42.4 Å². The molecule has 3 heteroatoms. The maximum absolute atomic E-state index is 9.65. The van der Waals surface area contributed by atoms with Crippen molar-refractivity contribution in [1.29, 1.82) is 0 Å². The number of rotatable bonds is 5. The number of pyridine rings is 1. The van der Waals surface area contributed by atoms with Gasteiger partial charge in [-0.3, -0.25) is 0 Å². The van der Waals surface area contributed by atoms with Crippen molar-refractivity contribution >= 4 is 0 Å². The highest BCUT2D eigenvalue weighted by molar-refractivity contribution is 5.20. The second kappa shape index (κ2) is 6.17. The molecular weight excluding hydrogens is 226 g/mol. The smallest absolute Gasteiger partial charge is 0.213 e. The van der Waals surface area contributed by atoms with E-state index >= 15 is 0 Å². The molecule has 0 bridgehead atoms. The van der Waals surface area contributed by atoms with Gasteiger partial charge in [0.25, 0.3) is 0 Å². The van der Waals surface area contributed by atoms with E-state index in [0.717, 1.165) is 11.1 Å². The zero-order valence-corrected chi connectivity index (χ0v) is 10.4. The van der Waals surface area contributed by atoms with Crippen molar-refractivity contribution in [3.63, 3.8) is 0 Å². The molecule has 1 aromatic heterocycles. The number of benzene rings is 1. The van der Waals surface area contributed by atoms with Gasteiger partial charge < -0.3 is 9.84 Å². The van der Waals surface area contributed by atoms with E-state index in [2.05, 4.69) is 4.98 Å². The summed E-state index contributed by atoms with van der Waals surface area (Å²) in [7, 11) is 0. The van der Waals surface area contributed by atoms with Crippen molar-refractivity contribution in [2.45, 2.75) is 26.1 Å². The van der Waals surface area contributed by atoms with Gasteiger partial charge in [-0.05, 0) is 23.6 Å². The van der Waals surface area contributed by atoms with Crippen LogP contribution in [0.1, 0.15) is 30.6 Å². The normalized spacial score (nSPS) is 12.1. The summed E-state index contributed by atoms with van der Waals surface area (Å²) in [6.07, 6.45) is 1.90. The number of aliphatic hydroxyl groups is 1. The molecule has 0 aliphatic carbocycles. The Bertz CT molecular complexity index is 468. The van der Waals surface area contributed by atoms with Crippen LogP contribution in [-0.2, 0) is 6.61 Å². The number of ether oxygens (including phenoxy) is 1. The van der Waals surface area contributed by atoms with Crippen molar-refractivity contribution in [3.05, 3.63) is 59.8 Å². The number of aromatic nitrogens is 1. The van der Waals surface area contributed by atoms with Crippen molar-refractivity contribution < 1.29 is 9.84 Å². The Morgan fingerprint density at radius 1 is 1.17 bits per heavy atom. The maximum atomic E-state index is 9.65. The van der Waals surface area contributed by atoms with E-state index in [1.165, 1.54) is 0 Å². The standard InChI is InChI=1S/C15H17NO2/c1-2-14(17)13-8-9-15(16-10-13)18-11-12-6-4-3-5-7-12/h3-10,14,17H,2,11H2,1H3/t14-/m0/s1. The minimum atomic E-state index is -0.444. The fourth-order valence-electron chi connectivity index (χ4n) is 1.64. The van der Waals surface area contributed by atoms with Crippen molar-refractivity contribution in [2.75, 3.05) is 0 Å². The van der Waals surface area contributed by atoms with E-state index in [-0.39, 0.29) is 0 Å². The average Bonchev–Trinajstić information content (AvgIpc) is 2.46. The van der Waals surface area contributed by atoms with Gasteiger partial charge in [-0.15, -0.1) is 0 Å². The molecule has 0 saturated carbocycles. The summed E-state index contributed by atoms with van der Waals surface area (Å²) < 4.78 is 5.57. The number of hydrogen-bond donors (Lipinski definition) is 1. The highest BCUT2D eigenvalue weighted by Crippen LogP contribution is 2.17. The molecule has 0 fully saturated rings. The van der Waals surface area contributed by atoms with Gasteiger partial charge >= 0.3 is 0 Å². The quantitative estimate of drug-likeness (QED) is 0.877. The Balaban J connectivity index is 1.94. The van der Waals surface area contributed by atoms with Crippen LogP contribution in [0.2, 0.25) is 0 Å². The van der Waals surface area contributed by atoms with Gasteiger partial charge in [0.2, 0.25) is 5.88 Å². The van der Waals surface area contributed by atoms with Crippen LogP contribution in [0.25, 0.3) is 0 Å². The summed E-state index contributed by atoms with van der Waals surface area (Å²) in [5.74, 6) is 0.575. The van der Waals surface area contributed by atoms with Crippen molar-refractivity contribution in [3.8, 4) is 5.88 Å². The molecule has 1 heterocycles. The van der Waals surface area contributed by atoms with Crippen LogP contribution in [0.4, 0.5) is 0 Å². The molecule has 0 unspecified atom stereocenters. The zero-order valence-electron chi connectivity index (χ0n) is 10.4. The maximum Gasteiger partial charge on any atom is 0.213 e. The lowest BCUT2D eigenvalue weighted by molar-refractivity contribution is 0.173. The Labute approximate surface area is 107 Å². The minimum Gasteiger partial charge on any atom is -0.473 e. The molecule has 18 heavy (non-hydrogen) atoms. The molecule has 0 amide bonds. The fraction of sp³-hybridized carbons (Fsp3) is 0.267. The number of nitrogens with zero attached hydrogens (tertiary/aromatic N) is 1. The van der Waals surface area contributed by atoms with E-state index in [1.54, 1.807) is 12.3 Å². The monoisotopic (exact) mass is 243 g/mol. The van der Waals surface area contributed by atoms with Gasteiger partial charge in [0, 0.05) is 12.3 Å². The molecule has 1 N–H and O–H groups in total. The lowest BCUT2D eigenvalue weighted by atomic mass is 10.1. The minimum absolute atomic E-state index is 0.444. The van der Waals surface area contributed by atoms with Gasteiger partial charge in [0.15, 0.2) is 0 Å². The van der Waals surface area contributed by atoms with Crippen LogP contribution in [0, 0.1) is 0 Å². The lowest BCUT2D eigenvalue weighted by Gasteiger charge is -2.09. The second-order valence-electron chi connectivity index (χ2n) is 4.13. The molecule has 0 aliphatic heterocycles. The molecule has 0 aliphatic rings.